The Morgan fingerprint density at radius 3 is 2.67 bits per heavy atom. The van der Waals surface area contributed by atoms with Crippen LogP contribution in [0.4, 0.5) is 0 Å². The van der Waals surface area contributed by atoms with Crippen LogP contribution in [0.5, 0.6) is 0 Å². The molecule has 0 aromatic carbocycles. The molecule has 0 saturated heterocycles. The summed E-state index contributed by atoms with van der Waals surface area (Å²) in [5.41, 5.74) is 5.56. The molecule has 4 nitrogen and oxygen atoms in total. The summed E-state index contributed by atoms with van der Waals surface area (Å²) in [5, 5.41) is 0. The highest BCUT2D eigenvalue weighted by Crippen LogP contribution is 2.22. The minimum absolute atomic E-state index is 0.142. The van der Waals surface area contributed by atoms with Gasteiger partial charge in [-0.3, -0.25) is 4.79 Å². The van der Waals surface area contributed by atoms with Crippen LogP contribution in [0.3, 0.4) is 0 Å². The van der Waals surface area contributed by atoms with Crippen LogP contribution < -0.4 is 5.73 Å². The van der Waals surface area contributed by atoms with E-state index in [1.54, 1.807) is 0 Å². The number of amides is 1. The average molecular weight is 256 g/mol. The van der Waals surface area contributed by atoms with Gasteiger partial charge in [0, 0.05) is 19.2 Å². The molecule has 18 heavy (non-hydrogen) atoms. The smallest absolute Gasteiger partial charge is 0.248 e. The van der Waals surface area contributed by atoms with Crippen molar-refractivity contribution in [2.75, 3.05) is 26.3 Å². The third-order valence-electron chi connectivity index (χ3n) is 3.51. The van der Waals surface area contributed by atoms with E-state index in [1.807, 2.05) is 4.90 Å². The Balaban J connectivity index is 2.44. The van der Waals surface area contributed by atoms with Gasteiger partial charge in [-0.15, -0.1) is 0 Å². The van der Waals surface area contributed by atoms with Gasteiger partial charge in [-0.2, -0.15) is 0 Å². The lowest BCUT2D eigenvalue weighted by Crippen LogP contribution is -2.44. The van der Waals surface area contributed by atoms with Gasteiger partial charge in [0.2, 0.25) is 5.91 Å². The zero-order valence-electron chi connectivity index (χ0n) is 11.7. The molecule has 1 aliphatic rings. The predicted molar refractivity (Wildman–Crippen MR) is 73.4 cm³/mol. The lowest BCUT2D eigenvalue weighted by Gasteiger charge is -2.34. The number of nitrogens with zero attached hydrogens (tertiary/aromatic N) is 1. The molecular formula is C14H28N2O2. The van der Waals surface area contributed by atoms with Crippen molar-refractivity contribution in [1.29, 1.82) is 0 Å². The zero-order chi connectivity index (χ0) is 13.2. The number of ether oxygens (including phenoxy) is 1. The Morgan fingerprint density at radius 1 is 1.33 bits per heavy atom. The van der Waals surface area contributed by atoms with Gasteiger partial charge in [-0.05, 0) is 32.2 Å². The molecule has 0 heterocycles. The summed E-state index contributed by atoms with van der Waals surface area (Å²) in [6.07, 6.45) is 7.92. The molecule has 106 valence electrons. The van der Waals surface area contributed by atoms with E-state index in [-0.39, 0.29) is 12.5 Å². The Kier molecular flexibility index (Phi) is 8.01. The van der Waals surface area contributed by atoms with Gasteiger partial charge in [-0.25, -0.2) is 0 Å². The summed E-state index contributed by atoms with van der Waals surface area (Å²) in [6, 6.07) is 0.419. The molecular weight excluding hydrogens is 228 g/mol. The second kappa shape index (κ2) is 9.34. The second-order valence-electron chi connectivity index (χ2n) is 5.07. The Labute approximate surface area is 111 Å². The summed E-state index contributed by atoms with van der Waals surface area (Å²) in [6.45, 7) is 4.38. The van der Waals surface area contributed by atoms with Gasteiger partial charge in [-0.1, -0.05) is 26.2 Å². The number of carbonyl (C=O) groups is 1. The number of hydrogen-bond donors (Lipinski definition) is 1. The van der Waals surface area contributed by atoms with Crippen LogP contribution in [0, 0.1) is 0 Å². The van der Waals surface area contributed by atoms with Crippen LogP contribution in [-0.4, -0.2) is 43.2 Å². The van der Waals surface area contributed by atoms with Crippen molar-refractivity contribution in [3.63, 3.8) is 0 Å². The van der Waals surface area contributed by atoms with Gasteiger partial charge in [0.1, 0.15) is 6.61 Å². The molecule has 2 N–H and O–H groups in total. The fourth-order valence-electron chi connectivity index (χ4n) is 2.55. The van der Waals surface area contributed by atoms with Crippen LogP contribution in [0.25, 0.3) is 0 Å². The van der Waals surface area contributed by atoms with Crippen molar-refractivity contribution in [2.45, 2.75) is 57.9 Å². The molecule has 1 rings (SSSR count). The van der Waals surface area contributed by atoms with Crippen molar-refractivity contribution in [3.8, 4) is 0 Å². The molecule has 1 amide bonds. The van der Waals surface area contributed by atoms with E-state index in [9.17, 15) is 4.79 Å². The van der Waals surface area contributed by atoms with Gasteiger partial charge in [0.25, 0.3) is 0 Å². The molecule has 1 fully saturated rings. The molecule has 0 atom stereocenters. The minimum Gasteiger partial charge on any atom is -0.372 e. The largest absolute Gasteiger partial charge is 0.372 e. The topological polar surface area (TPSA) is 55.6 Å². The maximum atomic E-state index is 12.2. The standard InChI is InChI=1S/C14H28N2O2/c1-2-11-18-12-14(17)16(10-6-9-15)13-7-4-3-5-8-13/h13H,2-12,15H2,1H3. The van der Waals surface area contributed by atoms with Crippen molar-refractivity contribution < 1.29 is 9.53 Å². The van der Waals surface area contributed by atoms with E-state index < -0.39 is 0 Å². The third kappa shape index (κ3) is 5.36. The molecule has 4 heteroatoms. The maximum absolute atomic E-state index is 12.2. The molecule has 1 saturated carbocycles. The van der Waals surface area contributed by atoms with Crippen molar-refractivity contribution >= 4 is 5.91 Å². The Bertz CT molecular complexity index is 228. The number of nitrogens with two attached hydrogens (primary N) is 1. The molecule has 0 aromatic heterocycles. The van der Waals surface area contributed by atoms with Gasteiger partial charge >= 0.3 is 0 Å². The summed E-state index contributed by atoms with van der Waals surface area (Å²) >= 11 is 0. The van der Waals surface area contributed by atoms with Crippen LogP contribution in [0.15, 0.2) is 0 Å². The van der Waals surface area contributed by atoms with E-state index in [0.717, 1.165) is 32.2 Å². The highest BCUT2D eigenvalue weighted by Gasteiger charge is 2.24. The number of hydrogen-bond acceptors (Lipinski definition) is 3. The summed E-state index contributed by atoms with van der Waals surface area (Å²) in [5.74, 6) is 0.142. The van der Waals surface area contributed by atoms with Crippen molar-refractivity contribution in [3.05, 3.63) is 0 Å². The first-order valence-electron chi connectivity index (χ1n) is 7.36. The third-order valence-corrected chi connectivity index (χ3v) is 3.51. The first-order valence-corrected chi connectivity index (χ1v) is 7.36. The van der Waals surface area contributed by atoms with Gasteiger partial charge < -0.3 is 15.4 Å². The molecule has 0 radical (unpaired) electrons. The zero-order valence-corrected chi connectivity index (χ0v) is 11.7. The Morgan fingerprint density at radius 2 is 2.06 bits per heavy atom. The van der Waals surface area contributed by atoms with Crippen LogP contribution in [0.1, 0.15) is 51.9 Å². The van der Waals surface area contributed by atoms with Crippen molar-refractivity contribution in [1.82, 2.24) is 4.90 Å². The van der Waals surface area contributed by atoms with Gasteiger partial charge in [0.05, 0.1) is 0 Å². The fraction of sp³-hybridized carbons (Fsp3) is 0.929. The molecule has 0 spiro atoms. The summed E-state index contributed by atoms with van der Waals surface area (Å²) in [7, 11) is 0. The lowest BCUT2D eigenvalue weighted by molar-refractivity contribution is -0.139. The first kappa shape index (κ1) is 15.4. The minimum atomic E-state index is 0.142. The number of rotatable bonds is 8. The second-order valence-corrected chi connectivity index (χ2v) is 5.07. The van der Waals surface area contributed by atoms with Crippen LogP contribution >= 0.6 is 0 Å². The van der Waals surface area contributed by atoms with Crippen LogP contribution in [-0.2, 0) is 9.53 Å². The molecule has 0 aliphatic heterocycles. The molecule has 0 aromatic rings. The molecule has 0 bridgehead atoms. The monoisotopic (exact) mass is 256 g/mol. The average Bonchev–Trinajstić information content (AvgIpc) is 2.41. The highest BCUT2D eigenvalue weighted by molar-refractivity contribution is 5.77. The molecule has 0 unspecified atom stereocenters. The quantitative estimate of drug-likeness (QED) is 0.675. The van der Waals surface area contributed by atoms with Crippen LogP contribution in [0.2, 0.25) is 0 Å². The maximum Gasteiger partial charge on any atom is 0.248 e. The predicted octanol–water partition coefficient (Wildman–Crippen LogP) is 1.92. The number of carbonyl (C=O) groups excluding carboxylic acids is 1. The van der Waals surface area contributed by atoms with E-state index in [0.29, 0.717) is 19.2 Å². The van der Waals surface area contributed by atoms with E-state index >= 15 is 0 Å². The Hall–Kier alpha value is -0.610. The fourth-order valence-corrected chi connectivity index (χ4v) is 2.55. The summed E-state index contributed by atoms with van der Waals surface area (Å²) < 4.78 is 5.37. The molecule has 1 aliphatic carbocycles. The van der Waals surface area contributed by atoms with E-state index in [1.165, 1.54) is 19.3 Å². The van der Waals surface area contributed by atoms with Gasteiger partial charge in [0.15, 0.2) is 0 Å². The summed E-state index contributed by atoms with van der Waals surface area (Å²) in [4.78, 5) is 14.2. The highest BCUT2D eigenvalue weighted by atomic mass is 16.5. The normalized spacial score (nSPS) is 16.8. The van der Waals surface area contributed by atoms with E-state index in [4.69, 9.17) is 10.5 Å². The van der Waals surface area contributed by atoms with Crippen molar-refractivity contribution in [2.24, 2.45) is 5.73 Å². The van der Waals surface area contributed by atoms with E-state index in [2.05, 4.69) is 6.92 Å². The first-order chi connectivity index (χ1) is 8.79. The lowest BCUT2D eigenvalue weighted by atomic mass is 9.94. The SMILES string of the molecule is CCCOCC(=O)N(CCCN)C1CCCCC1.